The van der Waals surface area contributed by atoms with Gasteiger partial charge in [0, 0.05) is 11.8 Å². The summed E-state index contributed by atoms with van der Waals surface area (Å²) < 4.78 is 9.72. The first-order valence-electron chi connectivity index (χ1n) is 13.0. The number of carbonyl (C=O) groups is 1. The molecule has 1 N–H and O–H groups in total. The van der Waals surface area contributed by atoms with Gasteiger partial charge >= 0.3 is 6.03 Å². The van der Waals surface area contributed by atoms with Crippen LogP contribution < -0.4 is 10.1 Å². The van der Waals surface area contributed by atoms with Gasteiger partial charge in [0.1, 0.15) is 11.6 Å². The summed E-state index contributed by atoms with van der Waals surface area (Å²) in [5.74, 6) is 1.56. The highest BCUT2D eigenvalue weighted by atomic mass is 16.5. The van der Waals surface area contributed by atoms with E-state index in [1.807, 2.05) is 84.1 Å². The van der Waals surface area contributed by atoms with E-state index in [9.17, 15) is 4.79 Å². The molecule has 0 radical (unpaired) electrons. The van der Waals surface area contributed by atoms with Crippen molar-refractivity contribution in [3.8, 4) is 17.3 Å². The zero-order valence-corrected chi connectivity index (χ0v) is 22.6. The number of benzene rings is 3. The molecule has 1 aliphatic rings. The Morgan fingerprint density at radius 2 is 1.72 bits per heavy atom. The minimum absolute atomic E-state index is 0.210. The minimum atomic E-state index is -0.327. The van der Waals surface area contributed by atoms with Crippen molar-refractivity contribution in [1.29, 1.82) is 0 Å². The van der Waals surface area contributed by atoms with Crippen molar-refractivity contribution in [1.82, 2.24) is 19.2 Å². The second-order valence-electron chi connectivity index (χ2n) is 10.0. The summed E-state index contributed by atoms with van der Waals surface area (Å²) in [6.45, 7) is 6.47. The highest BCUT2D eigenvalue weighted by Gasteiger charge is 2.36. The lowest BCUT2D eigenvalue weighted by atomic mass is 10.00. The van der Waals surface area contributed by atoms with Crippen LogP contribution in [0.1, 0.15) is 39.7 Å². The van der Waals surface area contributed by atoms with E-state index in [1.54, 1.807) is 7.11 Å². The maximum atomic E-state index is 14.2. The molecule has 0 unspecified atom stereocenters. The number of aromatic nitrogens is 3. The average molecular weight is 518 g/mol. The Bertz CT molecular complexity index is 1670. The lowest BCUT2D eigenvalue weighted by molar-refractivity contribution is 0.194. The number of anilines is 1. The molecule has 0 fully saturated rings. The molecule has 196 valence electrons. The Balaban J connectivity index is 1.54. The van der Waals surface area contributed by atoms with Crippen LogP contribution >= 0.6 is 0 Å². The van der Waals surface area contributed by atoms with Crippen LogP contribution in [-0.4, -0.2) is 32.4 Å². The number of fused-ring (bicyclic) bond motifs is 3. The molecule has 3 aromatic carbocycles. The van der Waals surface area contributed by atoms with E-state index in [2.05, 4.69) is 47.3 Å². The molecule has 0 spiro atoms. The first-order chi connectivity index (χ1) is 18.9. The molecule has 0 saturated heterocycles. The van der Waals surface area contributed by atoms with Gasteiger partial charge in [-0.3, -0.25) is 0 Å². The molecule has 5 aromatic rings. The lowest BCUT2D eigenvalue weighted by Gasteiger charge is -2.31. The van der Waals surface area contributed by atoms with Gasteiger partial charge in [-0.25, -0.2) is 9.48 Å². The van der Waals surface area contributed by atoms with E-state index in [-0.39, 0.29) is 12.1 Å². The van der Waals surface area contributed by atoms with Crippen LogP contribution in [0.5, 0.6) is 5.75 Å². The van der Waals surface area contributed by atoms with Crippen molar-refractivity contribution in [2.45, 2.75) is 33.4 Å². The smallest absolute Gasteiger partial charge is 0.323 e. The number of amides is 2. The average Bonchev–Trinajstić information content (AvgIpc) is 3.49. The van der Waals surface area contributed by atoms with Gasteiger partial charge in [-0.2, -0.15) is 5.10 Å². The number of urea groups is 1. The highest BCUT2D eigenvalue weighted by Crippen LogP contribution is 2.39. The number of aryl methyl sites for hydroxylation is 3. The van der Waals surface area contributed by atoms with Gasteiger partial charge < -0.3 is 19.5 Å². The van der Waals surface area contributed by atoms with Crippen molar-refractivity contribution < 1.29 is 9.53 Å². The Hall–Kier alpha value is -4.78. The lowest BCUT2D eigenvalue weighted by Crippen LogP contribution is -2.38. The van der Waals surface area contributed by atoms with Gasteiger partial charge in [0.25, 0.3) is 0 Å². The summed E-state index contributed by atoms with van der Waals surface area (Å²) in [5.41, 5.74) is 7.69. The molecule has 2 aromatic heterocycles. The predicted octanol–water partition coefficient (Wildman–Crippen LogP) is 6.73. The summed E-state index contributed by atoms with van der Waals surface area (Å²) in [6, 6.07) is 27.9. The predicted molar refractivity (Wildman–Crippen MR) is 153 cm³/mol. The van der Waals surface area contributed by atoms with Gasteiger partial charge in [-0.1, -0.05) is 54.1 Å². The molecule has 1 aliphatic heterocycles. The van der Waals surface area contributed by atoms with E-state index < -0.39 is 0 Å². The molecule has 0 aliphatic carbocycles. The second kappa shape index (κ2) is 9.83. The molecular formula is C32H31N5O2. The molecule has 3 heterocycles. The number of carbonyl (C=O) groups excluding carboxylic acids is 1. The highest BCUT2D eigenvalue weighted by molar-refractivity contribution is 5.92. The summed E-state index contributed by atoms with van der Waals surface area (Å²) >= 11 is 0. The zero-order valence-electron chi connectivity index (χ0n) is 22.6. The zero-order chi connectivity index (χ0) is 27.1. The fourth-order valence-corrected chi connectivity index (χ4v) is 5.45. The molecule has 0 bridgehead atoms. The number of rotatable bonds is 4. The maximum Gasteiger partial charge on any atom is 0.323 e. The molecule has 39 heavy (non-hydrogen) atoms. The fraction of sp³-hybridized carbons (Fsp3) is 0.188. The topological polar surface area (TPSA) is 64.3 Å². The van der Waals surface area contributed by atoms with Gasteiger partial charge in [-0.15, -0.1) is 0 Å². The standard InChI is InChI=1S/C32H31N5O2/c1-21-10-8-11-24(18-21)30-28-14-9-17-35(28)31-26(23(3)34-37(31)25-12-6-5-7-13-25)20-36(30)32(38)33-27-19-22(2)15-16-29(27)39-4/h5-19,30H,20H2,1-4H3,(H,33,38)/t30-/m0/s1. The normalized spacial score (nSPS) is 14.4. The second-order valence-corrected chi connectivity index (χ2v) is 10.0. The number of ether oxygens (including phenoxy) is 1. The number of para-hydroxylation sites is 1. The summed E-state index contributed by atoms with van der Waals surface area (Å²) in [7, 11) is 1.61. The van der Waals surface area contributed by atoms with Crippen molar-refractivity contribution in [3.63, 3.8) is 0 Å². The molecule has 6 rings (SSSR count). The van der Waals surface area contributed by atoms with Crippen LogP contribution in [0, 0.1) is 20.8 Å². The van der Waals surface area contributed by atoms with Crippen molar-refractivity contribution in [3.05, 3.63) is 125 Å². The van der Waals surface area contributed by atoms with Crippen LogP contribution in [0.15, 0.2) is 91.1 Å². The first-order valence-corrected chi connectivity index (χ1v) is 13.0. The van der Waals surface area contributed by atoms with Gasteiger partial charge in [0.2, 0.25) is 0 Å². The van der Waals surface area contributed by atoms with Crippen LogP contribution in [0.25, 0.3) is 11.5 Å². The van der Waals surface area contributed by atoms with Gasteiger partial charge in [-0.05, 0) is 68.3 Å². The minimum Gasteiger partial charge on any atom is -0.495 e. The van der Waals surface area contributed by atoms with E-state index >= 15 is 0 Å². The van der Waals surface area contributed by atoms with E-state index in [4.69, 9.17) is 9.84 Å². The van der Waals surface area contributed by atoms with E-state index in [0.29, 0.717) is 18.0 Å². The van der Waals surface area contributed by atoms with Crippen LogP contribution in [0.3, 0.4) is 0 Å². The Kier molecular flexibility index (Phi) is 6.19. The van der Waals surface area contributed by atoms with Crippen molar-refractivity contribution in [2.24, 2.45) is 0 Å². The quantitative estimate of drug-likeness (QED) is 0.287. The number of hydrogen-bond acceptors (Lipinski definition) is 3. The van der Waals surface area contributed by atoms with Crippen LogP contribution in [0.2, 0.25) is 0 Å². The molecular weight excluding hydrogens is 486 g/mol. The molecule has 0 saturated carbocycles. The Labute approximate surface area is 228 Å². The van der Waals surface area contributed by atoms with Crippen molar-refractivity contribution >= 4 is 11.7 Å². The number of hydrogen-bond donors (Lipinski definition) is 1. The first kappa shape index (κ1) is 24.6. The Morgan fingerprint density at radius 3 is 2.49 bits per heavy atom. The van der Waals surface area contributed by atoms with Gasteiger partial charge in [0.15, 0.2) is 0 Å². The molecule has 7 heteroatoms. The molecule has 7 nitrogen and oxygen atoms in total. The third-order valence-electron chi connectivity index (χ3n) is 7.30. The Morgan fingerprint density at radius 1 is 0.923 bits per heavy atom. The third-order valence-corrected chi connectivity index (χ3v) is 7.30. The SMILES string of the molecule is COc1ccc(C)cc1NC(=O)N1Cc2c(C)nn(-c3ccccc3)c2-n2cccc2[C@@H]1c1cccc(C)c1. The largest absolute Gasteiger partial charge is 0.495 e. The number of nitrogens with zero attached hydrogens (tertiary/aromatic N) is 4. The van der Waals surface area contributed by atoms with E-state index in [1.165, 1.54) is 0 Å². The van der Waals surface area contributed by atoms with Crippen molar-refractivity contribution in [2.75, 3.05) is 12.4 Å². The number of methoxy groups -OCH3 is 1. The van der Waals surface area contributed by atoms with Crippen LogP contribution in [-0.2, 0) is 6.54 Å². The van der Waals surface area contributed by atoms with Gasteiger partial charge in [0.05, 0.1) is 42.5 Å². The monoisotopic (exact) mass is 517 g/mol. The van der Waals surface area contributed by atoms with Crippen LogP contribution in [0.4, 0.5) is 10.5 Å². The number of nitrogens with one attached hydrogen (secondary N) is 1. The summed E-state index contributed by atoms with van der Waals surface area (Å²) in [6.07, 6.45) is 2.06. The fourth-order valence-electron chi connectivity index (χ4n) is 5.45. The molecule has 1 atom stereocenters. The summed E-state index contributed by atoms with van der Waals surface area (Å²) in [4.78, 5) is 16.1. The molecule has 2 amide bonds. The van der Waals surface area contributed by atoms with E-state index in [0.717, 1.165) is 45.1 Å². The maximum absolute atomic E-state index is 14.2. The summed E-state index contributed by atoms with van der Waals surface area (Å²) in [5, 5.41) is 8.08. The third kappa shape index (κ3) is 4.36.